The number of hydrogen-bond donors (Lipinski definition) is 2. The van der Waals surface area contributed by atoms with Crippen molar-refractivity contribution in [1.82, 2.24) is 5.43 Å². The number of benzene rings is 3. The van der Waals surface area contributed by atoms with Crippen LogP contribution >= 0.6 is 39.1 Å². The van der Waals surface area contributed by atoms with Crippen molar-refractivity contribution in [1.29, 1.82) is 0 Å². The number of carbonyl (C=O) groups excluding carboxylic acids is 2. The van der Waals surface area contributed by atoms with E-state index in [9.17, 15) is 9.59 Å². The second-order valence-corrected chi connectivity index (χ2v) is 8.72. The molecule has 0 spiro atoms. The van der Waals surface area contributed by atoms with Crippen LogP contribution in [0.1, 0.15) is 23.1 Å². The maximum Gasteiger partial charge on any atom is 0.249 e. The lowest BCUT2D eigenvalue weighted by Crippen LogP contribution is -2.24. The SMILES string of the molecule is Cc1ccc(COc2ccc(C=NNC(=O)CC(=O)Nc3cccc(Cl)c3Cl)cc2Br)cc1. The van der Waals surface area contributed by atoms with Crippen molar-refractivity contribution in [3.05, 3.63) is 91.9 Å². The molecule has 0 aliphatic rings. The summed E-state index contributed by atoms with van der Waals surface area (Å²) in [4.78, 5) is 24.0. The first-order valence-electron chi connectivity index (χ1n) is 9.85. The van der Waals surface area contributed by atoms with Crippen LogP contribution in [0.3, 0.4) is 0 Å². The van der Waals surface area contributed by atoms with Crippen molar-refractivity contribution >= 4 is 62.8 Å². The Balaban J connectivity index is 1.48. The minimum Gasteiger partial charge on any atom is -0.488 e. The van der Waals surface area contributed by atoms with Crippen molar-refractivity contribution < 1.29 is 14.3 Å². The van der Waals surface area contributed by atoms with Crippen LogP contribution in [0.5, 0.6) is 5.75 Å². The van der Waals surface area contributed by atoms with Crippen molar-refractivity contribution in [2.24, 2.45) is 5.10 Å². The Morgan fingerprint density at radius 2 is 1.82 bits per heavy atom. The van der Waals surface area contributed by atoms with E-state index in [0.29, 0.717) is 23.1 Å². The third-order valence-corrected chi connectivity index (χ3v) is 5.86. The first-order valence-corrected chi connectivity index (χ1v) is 11.4. The molecule has 9 heteroatoms. The normalized spacial score (nSPS) is 10.8. The van der Waals surface area contributed by atoms with Gasteiger partial charge in [-0.25, -0.2) is 5.43 Å². The van der Waals surface area contributed by atoms with Crippen LogP contribution in [-0.2, 0) is 16.2 Å². The molecule has 0 heterocycles. The molecule has 0 fully saturated rings. The van der Waals surface area contributed by atoms with E-state index in [2.05, 4.69) is 31.8 Å². The molecule has 2 amide bonds. The molecule has 0 aromatic heterocycles. The van der Waals surface area contributed by atoms with E-state index in [4.69, 9.17) is 27.9 Å². The van der Waals surface area contributed by atoms with Crippen LogP contribution in [0.15, 0.2) is 70.2 Å². The second kappa shape index (κ2) is 11.8. The molecule has 3 aromatic carbocycles. The Hall–Kier alpha value is -2.87. The summed E-state index contributed by atoms with van der Waals surface area (Å²) >= 11 is 15.4. The Labute approximate surface area is 210 Å². The van der Waals surface area contributed by atoms with E-state index in [1.807, 2.05) is 43.3 Å². The summed E-state index contributed by atoms with van der Waals surface area (Å²) in [5.74, 6) is -0.420. The van der Waals surface area contributed by atoms with Crippen molar-refractivity contribution in [2.75, 3.05) is 5.32 Å². The number of anilines is 1. The monoisotopic (exact) mass is 547 g/mol. The van der Waals surface area contributed by atoms with Gasteiger partial charge in [0.25, 0.3) is 0 Å². The highest BCUT2D eigenvalue weighted by atomic mass is 79.9. The molecule has 33 heavy (non-hydrogen) atoms. The van der Waals surface area contributed by atoms with Crippen LogP contribution < -0.4 is 15.5 Å². The van der Waals surface area contributed by atoms with Crippen molar-refractivity contribution in [3.63, 3.8) is 0 Å². The lowest BCUT2D eigenvalue weighted by Gasteiger charge is -2.09. The van der Waals surface area contributed by atoms with Crippen LogP contribution in [-0.4, -0.2) is 18.0 Å². The predicted molar refractivity (Wildman–Crippen MR) is 135 cm³/mol. The number of carbonyl (C=O) groups is 2. The van der Waals surface area contributed by atoms with E-state index in [0.717, 1.165) is 15.6 Å². The fraction of sp³-hybridized carbons (Fsp3) is 0.125. The average Bonchev–Trinajstić information content (AvgIpc) is 2.77. The van der Waals surface area contributed by atoms with Gasteiger partial charge in [0.2, 0.25) is 11.8 Å². The summed E-state index contributed by atoms with van der Waals surface area (Å²) in [5.41, 5.74) is 5.66. The van der Waals surface area contributed by atoms with E-state index < -0.39 is 18.2 Å². The highest BCUT2D eigenvalue weighted by Crippen LogP contribution is 2.29. The standard InChI is InChI=1S/C24H20BrCl2N3O3/c1-15-5-7-16(8-6-15)14-33-21-10-9-17(11-18(21)25)13-28-30-23(32)12-22(31)29-20-4-2-3-19(26)24(20)27/h2-11,13H,12,14H2,1H3,(H,29,31)(H,30,32). The molecule has 0 saturated heterocycles. The molecule has 3 rings (SSSR count). The van der Waals surface area contributed by atoms with Gasteiger partial charge in [-0.05, 0) is 64.3 Å². The van der Waals surface area contributed by atoms with Crippen molar-refractivity contribution in [2.45, 2.75) is 20.0 Å². The maximum absolute atomic E-state index is 12.0. The van der Waals surface area contributed by atoms with Crippen LogP contribution in [0, 0.1) is 6.92 Å². The Kier molecular flexibility index (Phi) is 8.88. The number of amides is 2. The number of ether oxygens (including phenoxy) is 1. The van der Waals surface area contributed by atoms with Gasteiger partial charge in [-0.1, -0.05) is 59.1 Å². The number of nitrogens with zero attached hydrogens (tertiary/aromatic N) is 1. The molecular formula is C24H20BrCl2N3O3. The van der Waals surface area contributed by atoms with Gasteiger partial charge in [0.1, 0.15) is 18.8 Å². The highest BCUT2D eigenvalue weighted by molar-refractivity contribution is 9.10. The molecule has 170 valence electrons. The molecule has 0 atom stereocenters. The third kappa shape index (κ3) is 7.60. The summed E-state index contributed by atoms with van der Waals surface area (Å²) in [6.07, 6.45) is 1.05. The minimum atomic E-state index is -0.570. The number of rotatable bonds is 8. The Morgan fingerprint density at radius 1 is 1.06 bits per heavy atom. The average molecular weight is 549 g/mol. The predicted octanol–water partition coefficient (Wildman–Crippen LogP) is 6.12. The van der Waals surface area contributed by atoms with Gasteiger partial charge in [0.15, 0.2) is 0 Å². The number of hydrogen-bond acceptors (Lipinski definition) is 4. The lowest BCUT2D eigenvalue weighted by molar-refractivity contribution is -0.126. The first kappa shape index (κ1) is 24.8. The van der Waals surface area contributed by atoms with Crippen LogP contribution in [0.4, 0.5) is 5.69 Å². The number of aryl methyl sites for hydroxylation is 1. The summed E-state index contributed by atoms with van der Waals surface area (Å²) in [5, 5.41) is 6.95. The van der Waals surface area contributed by atoms with Gasteiger partial charge >= 0.3 is 0 Å². The van der Waals surface area contributed by atoms with Gasteiger partial charge in [-0.3, -0.25) is 9.59 Å². The zero-order valence-electron chi connectivity index (χ0n) is 17.6. The molecule has 0 radical (unpaired) electrons. The molecule has 3 aromatic rings. The molecule has 0 bridgehead atoms. The van der Waals surface area contributed by atoms with Crippen LogP contribution in [0.25, 0.3) is 0 Å². The maximum atomic E-state index is 12.0. The van der Waals surface area contributed by atoms with Crippen molar-refractivity contribution in [3.8, 4) is 5.75 Å². The van der Waals surface area contributed by atoms with Gasteiger partial charge in [0, 0.05) is 0 Å². The molecular weight excluding hydrogens is 529 g/mol. The molecule has 0 aliphatic heterocycles. The fourth-order valence-corrected chi connectivity index (χ4v) is 3.58. The second-order valence-electron chi connectivity index (χ2n) is 7.08. The highest BCUT2D eigenvalue weighted by Gasteiger charge is 2.12. The number of halogens is 3. The number of hydrazone groups is 1. The summed E-state index contributed by atoms with van der Waals surface area (Å²) < 4.78 is 6.60. The largest absolute Gasteiger partial charge is 0.488 e. The third-order valence-electron chi connectivity index (χ3n) is 4.42. The summed E-state index contributed by atoms with van der Waals surface area (Å²) in [6.45, 7) is 2.49. The summed E-state index contributed by atoms with van der Waals surface area (Å²) in [7, 11) is 0. The first-order chi connectivity index (χ1) is 15.8. The Bertz CT molecular complexity index is 1180. The van der Waals surface area contributed by atoms with E-state index in [1.165, 1.54) is 11.8 Å². The Morgan fingerprint density at radius 3 is 2.55 bits per heavy atom. The summed E-state index contributed by atoms with van der Waals surface area (Å²) in [6, 6.07) is 18.4. The van der Waals surface area contributed by atoms with Gasteiger partial charge in [0.05, 0.1) is 26.4 Å². The smallest absolute Gasteiger partial charge is 0.249 e. The minimum absolute atomic E-state index is 0.211. The van der Waals surface area contributed by atoms with Gasteiger partial charge < -0.3 is 10.1 Å². The topological polar surface area (TPSA) is 79.8 Å². The fourth-order valence-electron chi connectivity index (χ4n) is 2.72. The van der Waals surface area contributed by atoms with E-state index >= 15 is 0 Å². The number of nitrogens with one attached hydrogen (secondary N) is 2. The van der Waals surface area contributed by atoms with Crippen LogP contribution in [0.2, 0.25) is 10.0 Å². The quantitative estimate of drug-likeness (QED) is 0.202. The molecule has 6 nitrogen and oxygen atoms in total. The van der Waals surface area contributed by atoms with Gasteiger partial charge in [-0.15, -0.1) is 0 Å². The molecule has 2 N–H and O–H groups in total. The zero-order chi connectivity index (χ0) is 23.8. The molecule has 0 aliphatic carbocycles. The molecule has 0 unspecified atom stereocenters. The van der Waals surface area contributed by atoms with E-state index in [1.54, 1.807) is 24.3 Å². The van der Waals surface area contributed by atoms with E-state index in [-0.39, 0.29) is 5.02 Å². The zero-order valence-corrected chi connectivity index (χ0v) is 20.7. The molecule has 0 saturated carbocycles. The van der Waals surface area contributed by atoms with Gasteiger partial charge in [-0.2, -0.15) is 5.10 Å². The lowest BCUT2D eigenvalue weighted by atomic mass is 10.2.